The van der Waals surface area contributed by atoms with Crippen LogP contribution in [0.2, 0.25) is 5.54 Å². The summed E-state index contributed by atoms with van der Waals surface area (Å²) < 4.78 is 0. The molecule has 2 aliphatic rings. The lowest BCUT2D eigenvalue weighted by molar-refractivity contribution is 0.429. The Balaban J connectivity index is 2.03. The molecule has 2 rings (SSSR count). The number of rotatable bonds is 2. The Kier molecular flexibility index (Phi) is 2.55. The van der Waals surface area contributed by atoms with Gasteiger partial charge in [-0.15, -0.1) is 23.2 Å². The molecule has 0 N–H and O–H groups in total. The smallest absolute Gasteiger partial charge is 0.105 e. The molecule has 2 aliphatic carbocycles. The fourth-order valence-electron chi connectivity index (χ4n) is 2.61. The van der Waals surface area contributed by atoms with E-state index in [1.807, 2.05) is 0 Å². The second-order valence-corrected chi connectivity index (χ2v) is 6.63. The van der Waals surface area contributed by atoms with Gasteiger partial charge in [-0.2, -0.15) is 0 Å². The first kappa shape index (κ1) is 9.11. The van der Waals surface area contributed by atoms with Crippen molar-refractivity contribution in [2.45, 2.75) is 23.2 Å². The average molecular weight is 221 g/mol. The highest BCUT2D eigenvalue weighted by Crippen LogP contribution is 2.49. The van der Waals surface area contributed by atoms with Crippen LogP contribution < -0.4 is 0 Å². The van der Waals surface area contributed by atoms with Gasteiger partial charge in [0.1, 0.15) is 4.84 Å². The van der Waals surface area contributed by atoms with E-state index in [0.717, 1.165) is 28.0 Å². The highest BCUT2D eigenvalue weighted by Gasteiger charge is 2.39. The lowest BCUT2D eigenvalue weighted by Crippen LogP contribution is -2.19. The van der Waals surface area contributed by atoms with Crippen LogP contribution in [0.5, 0.6) is 0 Å². The number of fused-ring (bicyclic) bond motifs is 2. The van der Waals surface area contributed by atoms with Gasteiger partial charge in [0.25, 0.3) is 0 Å². The Morgan fingerprint density at radius 3 is 2.42 bits per heavy atom. The maximum absolute atomic E-state index is 5.92. The van der Waals surface area contributed by atoms with Crippen LogP contribution in [0, 0.1) is 17.8 Å². The zero-order chi connectivity index (χ0) is 8.72. The van der Waals surface area contributed by atoms with Gasteiger partial charge < -0.3 is 0 Å². The standard InChI is InChI=1S/C9H14Cl2Si/c10-9(11)8(12)7-4-5-1-2-6(7)3-5/h1-2,5-9H,3-4H2,12H3. The minimum atomic E-state index is -0.130. The summed E-state index contributed by atoms with van der Waals surface area (Å²) in [5, 5.41) is 0. The summed E-state index contributed by atoms with van der Waals surface area (Å²) in [4.78, 5) is -0.130. The zero-order valence-corrected chi connectivity index (χ0v) is 10.7. The maximum atomic E-state index is 5.92. The normalized spacial score (nSPS) is 41.4. The molecule has 2 bridgehead atoms. The molecule has 0 aromatic heterocycles. The van der Waals surface area contributed by atoms with Crippen molar-refractivity contribution in [1.82, 2.24) is 0 Å². The predicted octanol–water partition coefficient (Wildman–Crippen LogP) is 2.16. The number of hydrogen-bond acceptors (Lipinski definition) is 0. The second kappa shape index (κ2) is 3.36. The van der Waals surface area contributed by atoms with Crippen molar-refractivity contribution in [1.29, 1.82) is 0 Å². The fraction of sp³-hybridized carbons (Fsp3) is 0.778. The van der Waals surface area contributed by atoms with Gasteiger partial charge in [-0.1, -0.05) is 12.2 Å². The summed E-state index contributed by atoms with van der Waals surface area (Å²) in [7, 11) is 1.13. The van der Waals surface area contributed by atoms with Gasteiger partial charge in [0.05, 0.1) is 0 Å². The quantitative estimate of drug-likeness (QED) is 0.381. The molecule has 12 heavy (non-hydrogen) atoms. The Hall–Kier alpha value is 0.537. The first-order chi connectivity index (χ1) is 5.68. The van der Waals surface area contributed by atoms with Crippen molar-refractivity contribution in [3.05, 3.63) is 12.2 Å². The fourth-order valence-corrected chi connectivity index (χ4v) is 3.75. The molecule has 0 saturated heterocycles. The molecular weight excluding hydrogens is 207 g/mol. The van der Waals surface area contributed by atoms with Gasteiger partial charge >= 0.3 is 0 Å². The number of hydrogen-bond donors (Lipinski definition) is 0. The molecule has 4 atom stereocenters. The lowest BCUT2D eigenvalue weighted by Gasteiger charge is -2.25. The van der Waals surface area contributed by atoms with E-state index >= 15 is 0 Å². The molecule has 68 valence electrons. The molecule has 0 spiro atoms. The van der Waals surface area contributed by atoms with Gasteiger partial charge in [0, 0.05) is 10.2 Å². The Morgan fingerprint density at radius 1 is 1.25 bits per heavy atom. The van der Waals surface area contributed by atoms with E-state index in [2.05, 4.69) is 12.2 Å². The summed E-state index contributed by atoms with van der Waals surface area (Å²) in [6, 6.07) is 0. The SMILES string of the molecule is [SiH3]C(C(Cl)Cl)C1CC2C=CC1C2. The molecule has 0 aromatic carbocycles. The summed E-state index contributed by atoms with van der Waals surface area (Å²) in [6.45, 7) is 0. The molecule has 0 heterocycles. The number of allylic oxidation sites excluding steroid dienone is 2. The molecule has 4 unspecified atom stereocenters. The van der Waals surface area contributed by atoms with Crippen LogP contribution in [0.3, 0.4) is 0 Å². The molecule has 1 saturated carbocycles. The maximum Gasteiger partial charge on any atom is 0.107 e. The third-order valence-electron chi connectivity index (χ3n) is 3.40. The summed E-state index contributed by atoms with van der Waals surface area (Å²) in [6.07, 6.45) is 7.45. The van der Waals surface area contributed by atoms with E-state index in [-0.39, 0.29) is 4.84 Å². The second-order valence-electron chi connectivity index (χ2n) is 4.14. The van der Waals surface area contributed by atoms with Crippen LogP contribution in [-0.4, -0.2) is 15.1 Å². The van der Waals surface area contributed by atoms with Crippen LogP contribution in [0.15, 0.2) is 12.2 Å². The van der Waals surface area contributed by atoms with E-state index in [9.17, 15) is 0 Å². The third-order valence-corrected chi connectivity index (χ3v) is 6.57. The minimum Gasteiger partial charge on any atom is -0.105 e. The lowest BCUT2D eigenvalue weighted by atomic mass is 9.91. The van der Waals surface area contributed by atoms with Gasteiger partial charge in [0.2, 0.25) is 0 Å². The zero-order valence-electron chi connectivity index (χ0n) is 7.21. The third kappa shape index (κ3) is 1.47. The van der Waals surface area contributed by atoms with E-state index < -0.39 is 0 Å². The van der Waals surface area contributed by atoms with Crippen LogP contribution in [0.1, 0.15) is 12.8 Å². The summed E-state index contributed by atoms with van der Waals surface area (Å²) in [5.41, 5.74) is 0.591. The van der Waals surface area contributed by atoms with Crippen LogP contribution in [0.25, 0.3) is 0 Å². The highest BCUT2D eigenvalue weighted by molar-refractivity contribution is 6.47. The number of alkyl halides is 2. The minimum absolute atomic E-state index is 0.130. The van der Waals surface area contributed by atoms with Gasteiger partial charge in [0.15, 0.2) is 0 Å². The van der Waals surface area contributed by atoms with Gasteiger partial charge in [-0.25, -0.2) is 0 Å². The molecular formula is C9H14Cl2Si. The van der Waals surface area contributed by atoms with Crippen LogP contribution >= 0.6 is 23.2 Å². The predicted molar refractivity (Wildman–Crippen MR) is 58.0 cm³/mol. The number of halogens is 2. The first-order valence-corrected chi connectivity index (χ1v) is 6.67. The summed E-state index contributed by atoms with van der Waals surface area (Å²) >= 11 is 11.8. The highest BCUT2D eigenvalue weighted by atomic mass is 35.5. The molecule has 3 heteroatoms. The average Bonchev–Trinajstić information content (AvgIpc) is 2.62. The topological polar surface area (TPSA) is 0 Å². The molecule has 1 fully saturated rings. The molecule has 0 nitrogen and oxygen atoms in total. The molecule has 0 radical (unpaired) electrons. The Labute approximate surface area is 86.7 Å². The molecule has 0 aliphatic heterocycles. The van der Waals surface area contributed by atoms with E-state index in [4.69, 9.17) is 23.2 Å². The van der Waals surface area contributed by atoms with E-state index in [1.165, 1.54) is 12.8 Å². The molecule has 0 aromatic rings. The Bertz CT molecular complexity index is 203. The summed E-state index contributed by atoms with van der Waals surface area (Å²) in [5.74, 6) is 2.45. The van der Waals surface area contributed by atoms with Crippen molar-refractivity contribution < 1.29 is 0 Å². The van der Waals surface area contributed by atoms with Gasteiger partial charge in [-0.3, -0.25) is 0 Å². The first-order valence-electron chi connectivity index (χ1n) is 4.65. The van der Waals surface area contributed by atoms with Crippen molar-refractivity contribution in [3.8, 4) is 0 Å². The van der Waals surface area contributed by atoms with E-state index in [0.29, 0.717) is 5.54 Å². The Morgan fingerprint density at radius 2 is 2.00 bits per heavy atom. The van der Waals surface area contributed by atoms with Crippen molar-refractivity contribution >= 4 is 33.4 Å². The largest absolute Gasteiger partial charge is 0.107 e. The van der Waals surface area contributed by atoms with E-state index in [1.54, 1.807) is 0 Å². The van der Waals surface area contributed by atoms with Crippen molar-refractivity contribution in [2.24, 2.45) is 17.8 Å². The monoisotopic (exact) mass is 220 g/mol. The van der Waals surface area contributed by atoms with Crippen molar-refractivity contribution in [3.63, 3.8) is 0 Å². The van der Waals surface area contributed by atoms with Crippen LogP contribution in [-0.2, 0) is 0 Å². The van der Waals surface area contributed by atoms with Crippen molar-refractivity contribution in [2.75, 3.05) is 0 Å². The van der Waals surface area contributed by atoms with Gasteiger partial charge in [-0.05, 0) is 36.1 Å². The van der Waals surface area contributed by atoms with Crippen LogP contribution in [0.4, 0.5) is 0 Å². The molecule has 0 amide bonds.